The molecule has 27 heavy (non-hydrogen) atoms. The molecule has 0 radical (unpaired) electrons. The molecule has 0 bridgehead atoms. The second-order valence-corrected chi connectivity index (χ2v) is 6.65. The lowest BCUT2D eigenvalue weighted by atomic mass is 10.0. The van der Waals surface area contributed by atoms with Gasteiger partial charge in [-0.1, -0.05) is 18.2 Å². The monoisotopic (exact) mass is 368 g/mol. The van der Waals surface area contributed by atoms with Crippen LogP contribution < -0.4 is 14.8 Å². The van der Waals surface area contributed by atoms with Gasteiger partial charge in [-0.3, -0.25) is 0 Å². The number of hydrogen-bond donors (Lipinski definition) is 3. The molecular formula is C21H24N2O4. The fourth-order valence-electron chi connectivity index (χ4n) is 3.21. The van der Waals surface area contributed by atoms with E-state index in [9.17, 15) is 15.4 Å². The average Bonchev–Trinajstić information content (AvgIpc) is 2.67. The molecule has 142 valence electrons. The maximum Gasteiger partial charge on any atom is 0.266 e. The van der Waals surface area contributed by atoms with Crippen molar-refractivity contribution in [3.63, 3.8) is 0 Å². The summed E-state index contributed by atoms with van der Waals surface area (Å²) in [5.74, 6) is 0.724. The zero-order chi connectivity index (χ0) is 19.4. The molecule has 1 aromatic heterocycles. The Morgan fingerprint density at radius 1 is 1.15 bits per heavy atom. The normalized spacial score (nSPS) is 13.4. The summed E-state index contributed by atoms with van der Waals surface area (Å²) in [7, 11) is 1.64. The molecule has 2 atom stereocenters. The van der Waals surface area contributed by atoms with Crippen molar-refractivity contribution >= 4 is 10.9 Å². The minimum atomic E-state index is -0.797. The summed E-state index contributed by atoms with van der Waals surface area (Å²) >= 11 is 0. The summed E-state index contributed by atoms with van der Waals surface area (Å²) in [5.41, 5.74) is 1.95. The van der Waals surface area contributed by atoms with Crippen LogP contribution >= 0.6 is 0 Å². The van der Waals surface area contributed by atoms with Gasteiger partial charge in [-0.25, -0.2) is 0 Å². The van der Waals surface area contributed by atoms with Crippen molar-refractivity contribution in [3.8, 4) is 11.5 Å². The van der Waals surface area contributed by atoms with E-state index in [-0.39, 0.29) is 17.3 Å². The van der Waals surface area contributed by atoms with Gasteiger partial charge < -0.3 is 25.5 Å². The number of pyridine rings is 1. The van der Waals surface area contributed by atoms with E-state index in [0.29, 0.717) is 22.2 Å². The van der Waals surface area contributed by atoms with Crippen LogP contribution in [0.3, 0.4) is 0 Å². The Morgan fingerprint density at radius 3 is 2.59 bits per heavy atom. The van der Waals surface area contributed by atoms with Gasteiger partial charge in [0.15, 0.2) is 11.9 Å². The molecule has 3 rings (SSSR count). The van der Waals surface area contributed by atoms with Gasteiger partial charge in [-0.15, -0.1) is 0 Å². The molecule has 0 fully saturated rings. The van der Waals surface area contributed by atoms with Gasteiger partial charge in [0, 0.05) is 18.7 Å². The van der Waals surface area contributed by atoms with Crippen LogP contribution in [0.2, 0.25) is 0 Å². The molecule has 0 unspecified atom stereocenters. The maximum atomic E-state index is 11.9. The van der Waals surface area contributed by atoms with E-state index in [1.807, 2.05) is 24.3 Å². The third kappa shape index (κ3) is 4.30. The third-order valence-electron chi connectivity index (χ3n) is 4.65. The van der Waals surface area contributed by atoms with E-state index >= 15 is 0 Å². The highest BCUT2D eigenvalue weighted by Crippen LogP contribution is 2.28. The molecule has 0 spiro atoms. The number of fused-ring (bicyclic) bond motifs is 1. The van der Waals surface area contributed by atoms with E-state index in [1.165, 1.54) is 17.8 Å². The van der Waals surface area contributed by atoms with Crippen LogP contribution in [0, 0.1) is 5.21 Å². The number of benzene rings is 2. The van der Waals surface area contributed by atoms with E-state index in [4.69, 9.17) is 4.74 Å². The molecule has 6 nitrogen and oxygen atoms in total. The summed E-state index contributed by atoms with van der Waals surface area (Å²) < 4.78 is 5.78. The van der Waals surface area contributed by atoms with Crippen molar-refractivity contribution < 1.29 is 19.7 Å². The van der Waals surface area contributed by atoms with Gasteiger partial charge in [0.1, 0.15) is 5.75 Å². The van der Waals surface area contributed by atoms with Crippen LogP contribution in [-0.2, 0) is 6.42 Å². The second kappa shape index (κ2) is 8.24. The van der Waals surface area contributed by atoms with Gasteiger partial charge in [0.25, 0.3) is 5.52 Å². The van der Waals surface area contributed by atoms with Gasteiger partial charge >= 0.3 is 0 Å². The SMILES string of the molecule is COc1ccc(C[C@@H](C)NC[C@H](O)c2ccc(O)c3c2ccc[n+]3[O-])cc1. The van der Waals surface area contributed by atoms with Crippen molar-refractivity contribution in [2.24, 2.45) is 0 Å². The van der Waals surface area contributed by atoms with Gasteiger partial charge in [-0.2, -0.15) is 4.73 Å². The van der Waals surface area contributed by atoms with Crippen molar-refractivity contribution in [1.82, 2.24) is 5.32 Å². The minimum absolute atomic E-state index is 0.0996. The molecule has 0 saturated heterocycles. The molecule has 0 saturated carbocycles. The summed E-state index contributed by atoms with van der Waals surface area (Å²) in [5, 5.41) is 36.4. The first-order valence-corrected chi connectivity index (χ1v) is 8.87. The summed E-state index contributed by atoms with van der Waals surface area (Å²) in [6.45, 7) is 2.39. The predicted molar refractivity (Wildman–Crippen MR) is 104 cm³/mol. The summed E-state index contributed by atoms with van der Waals surface area (Å²) in [6.07, 6.45) is 1.34. The largest absolute Gasteiger partial charge is 0.618 e. The van der Waals surface area contributed by atoms with Crippen molar-refractivity contribution in [2.75, 3.05) is 13.7 Å². The molecule has 0 aliphatic rings. The van der Waals surface area contributed by atoms with Gasteiger partial charge in [0.2, 0.25) is 0 Å². The van der Waals surface area contributed by atoms with Crippen LogP contribution in [0.15, 0.2) is 54.7 Å². The molecule has 0 amide bonds. The number of rotatable bonds is 7. The molecule has 2 aromatic carbocycles. The Kier molecular flexibility index (Phi) is 5.78. The lowest BCUT2D eigenvalue weighted by Gasteiger charge is -2.19. The molecule has 3 N–H and O–H groups in total. The van der Waals surface area contributed by atoms with Crippen molar-refractivity contribution in [1.29, 1.82) is 0 Å². The molecular weight excluding hydrogens is 344 g/mol. The highest BCUT2D eigenvalue weighted by molar-refractivity contribution is 5.85. The Morgan fingerprint density at radius 2 is 1.89 bits per heavy atom. The van der Waals surface area contributed by atoms with Crippen LogP contribution in [0.1, 0.15) is 24.2 Å². The fraction of sp³-hybridized carbons (Fsp3) is 0.286. The number of aromatic nitrogens is 1. The zero-order valence-electron chi connectivity index (χ0n) is 15.4. The highest BCUT2D eigenvalue weighted by atomic mass is 16.5. The number of ether oxygens (including phenoxy) is 1. The number of aliphatic hydroxyl groups excluding tert-OH is 1. The standard InChI is InChI=1S/C21H24N2O4/c1-14(12-15-5-7-16(27-2)8-6-15)22-13-20(25)17-9-10-19(24)21-18(17)4-3-11-23(21)26/h3-11,14,20,22,24-25H,12-13H2,1-2H3/t14-,20+/m1/s1. The maximum absolute atomic E-state index is 11.9. The zero-order valence-corrected chi connectivity index (χ0v) is 15.4. The third-order valence-corrected chi connectivity index (χ3v) is 4.65. The average molecular weight is 368 g/mol. The van der Waals surface area contributed by atoms with Gasteiger partial charge in [-0.05, 0) is 48.7 Å². The molecule has 1 heterocycles. The molecule has 3 aromatic rings. The van der Waals surface area contributed by atoms with Crippen molar-refractivity contribution in [3.05, 3.63) is 71.1 Å². The number of aromatic hydroxyl groups is 1. The minimum Gasteiger partial charge on any atom is -0.618 e. The first-order chi connectivity index (χ1) is 13.0. The number of phenolic OH excluding ortho intramolecular Hbond substituents is 1. The Bertz CT molecular complexity index is 904. The molecule has 0 aliphatic carbocycles. The Hall–Kier alpha value is -2.83. The lowest BCUT2D eigenvalue weighted by molar-refractivity contribution is -0.577. The van der Waals surface area contributed by atoms with E-state index in [0.717, 1.165) is 12.2 Å². The van der Waals surface area contributed by atoms with Crippen LogP contribution in [-0.4, -0.2) is 29.9 Å². The number of methoxy groups -OCH3 is 1. The predicted octanol–water partition coefficient (Wildman–Crippen LogP) is 2.44. The van der Waals surface area contributed by atoms with E-state index in [1.54, 1.807) is 25.3 Å². The topological polar surface area (TPSA) is 88.7 Å². The second-order valence-electron chi connectivity index (χ2n) is 6.65. The number of aliphatic hydroxyl groups is 1. The molecule has 6 heteroatoms. The highest BCUT2D eigenvalue weighted by Gasteiger charge is 2.18. The van der Waals surface area contributed by atoms with Crippen LogP contribution in [0.4, 0.5) is 0 Å². The summed E-state index contributed by atoms with van der Waals surface area (Å²) in [6, 6.07) is 14.5. The van der Waals surface area contributed by atoms with Crippen molar-refractivity contribution in [2.45, 2.75) is 25.5 Å². The Balaban J connectivity index is 1.67. The van der Waals surface area contributed by atoms with Gasteiger partial charge in [0.05, 0.1) is 18.6 Å². The first kappa shape index (κ1) is 18.9. The Labute approximate surface area is 158 Å². The number of hydrogen-bond acceptors (Lipinski definition) is 5. The number of nitrogens with zero attached hydrogens (tertiary/aromatic N) is 1. The fourth-order valence-corrected chi connectivity index (χ4v) is 3.21. The quantitative estimate of drug-likeness (QED) is 0.440. The van der Waals surface area contributed by atoms with E-state index < -0.39 is 6.10 Å². The summed E-state index contributed by atoms with van der Waals surface area (Å²) in [4.78, 5) is 0. The smallest absolute Gasteiger partial charge is 0.266 e. The van der Waals surface area contributed by atoms with E-state index in [2.05, 4.69) is 12.2 Å². The van der Waals surface area contributed by atoms with Crippen LogP contribution in [0.5, 0.6) is 11.5 Å². The number of nitrogens with one attached hydrogen (secondary N) is 1. The van der Waals surface area contributed by atoms with Crippen LogP contribution in [0.25, 0.3) is 10.9 Å². The lowest BCUT2D eigenvalue weighted by Crippen LogP contribution is -2.32. The number of phenols is 1. The first-order valence-electron chi connectivity index (χ1n) is 8.87. The molecule has 0 aliphatic heterocycles.